The molecule has 1 atom stereocenters. The molecule has 2 amide bonds. The maximum atomic E-state index is 12.2. The third kappa shape index (κ3) is 3.37. The molecule has 0 aliphatic carbocycles. The van der Waals surface area contributed by atoms with E-state index in [0.29, 0.717) is 32.4 Å². The minimum Gasteiger partial charge on any atom is -0.481 e. The fourth-order valence-electron chi connectivity index (χ4n) is 2.74. The zero-order chi connectivity index (χ0) is 15.5. The predicted octanol–water partition coefficient (Wildman–Crippen LogP) is 3.10. The predicted molar refractivity (Wildman–Crippen MR) is 82.4 cm³/mol. The van der Waals surface area contributed by atoms with Gasteiger partial charge in [-0.3, -0.25) is 4.79 Å². The van der Waals surface area contributed by atoms with Crippen molar-refractivity contribution in [3.63, 3.8) is 0 Å². The Hall–Kier alpha value is -1.56. The first-order valence-corrected chi connectivity index (χ1v) is 8.19. The molecule has 1 saturated heterocycles. The summed E-state index contributed by atoms with van der Waals surface area (Å²) in [6.07, 6.45) is 1.67. The fraction of sp³-hybridized carbons (Fsp3) is 0.600. The summed E-state index contributed by atoms with van der Waals surface area (Å²) in [6, 6.07) is 3.84. The quantitative estimate of drug-likeness (QED) is 0.898. The van der Waals surface area contributed by atoms with Gasteiger partial charge in [0.05, 0.1) is 11.5 Å². The van der Waals surface area contributed by atoms with Gasteiger partial charge < -0.3 is 15.3 Å². The van der Waals surface area contributed by atoms with Crippen LogP contribution in [0.5, 0.6) is 0 Å². The van der Waals surface area contributed by atoms with Crippen molar-refractivity contribution in [3.05, 3.63) is 22.4 Å². The topological polar surface area (TPSA) is 69.6 Å². The summed E-state index contributed by atoms with van der Waals surface area (Å²) < 4.78 is 0. The number of nitrogens with zero attached hydrogens (tertiary/aromatic N) is 1. The Morgan fingerprint density at radius 2 is 2.14 bits per heavy atom. The Kier molecular flexibility index (Phi) is 4.88. The van der Waals surface area contributed by atoms with E-state index in [1.165, 1.54) is 0 Å². The zero-order valence-corrected chi connectivity index (χ0v) is 13.3. The largest absolute Gasteiger partial charge is 0.481 e. The highest BCUT2D eigenvalue weighted by atomic mass is 32.1. The van der Waals surface area contributed by atoms with Gasteiger partial charge in [-0.15, -0.1) is 11.3 Å². The van der Waals surface area contributed by atoms with Gasteiger partial charge in [-0.1, -0.05) is 13.0 Å². The summed E-state index contributed by atoms with van der Waals surface area (Å²) in [7, 11) is 0. The maximum Gasteiger partial charge on any atom is 0.317 e. The first-order chi connectivity index (χ1) is 9.98. The average Bonchev–Trinajstić information content (AvgIpc) is 3.01. The SMILES string of the molecule is CCC1(C(=O)O)CCN(C(=O)NC(C)c2cccs2)CC1. The van der Waals surface area contributed by atoms with Gasteiger partial charge in [0.25, 0.3) is 0 Å². The smallest absolute Gasteiger partial charge is 0.317 e. The summed E-state index contributed by atoms with van der Waals surface area (Å²) in [5.74, 6) is -0.739. The standard InChI is InChI=1S/C15H22N2O3S/c1-3-15(13(18)19)6-8-17(9-7-15)14(20)16-11(2)12-5-4-10-21-12/h4-5,10-11H,3,6-9H2,1-2H3,(H,16,20)(H,18,19). The van der Waals surface area contributed by atoms with Crippen molar-refractivity contribution >= 4 is 23.3 Å². The Morgan fingerprint density at radius 3 is 2.62 bits per heavy atom. The van der Waals surface area contributed by atoms with Crippen LogP contribution in [0.25, 0.3) is 0 Å². The molecule has 0 radical (unpaired) electrons. The monoisotopic (exact) mass is 310 g/mol. The molecule has 1 aromatic rings. The van der Waals surface area contributed by atoms with E-state index in [1.807, 2.05) is 31.4 Å². The van der Waals surface area contributed by atoms with E-state index >= 15 is 0 Å². The number of carboxylic acids is 1. The van der Waals surface area contributed by atoms with Gasteiger partial charge in [0.2, 0.25) is 0 Å². The van der Waals surface area contributed by atoms with E-state index in [-0.39, 0.29) is 12.1 Å². The van der Waals surface area contributed by atoms with Crippen LogP contribution < -0.4 is 5.32 Å². The molecule has 116 valence electrons. The van der Waals surface area contributed by atoms with Crippen molar-refractivity contribution in [2.75, 3.05) is 13.1 Å². The lowest BCUT2D eigenvalue weighted by Crippen LogP contribution is -2.49. The molecule has 1 fully saturated rings. The molecule has 1 aliphatic rings. The van der Waals surface area contributed by atoms with Crippen LogP contribution in [0.4, 0.5) is 4.79 Å². The number of rotatable bonds is 4. The number of hydrogen-bond acceptors (Lipinski definition) is 3. The molecule has 0 saturated carbocycles. The van der Waals surface area contributed by atoms with E-state index in [2.05, 4.69) is 5.32 Å². The van der Waals surface area contributed by atoms with Crippen LogP contribution in [0, 0.1) is 5.41 Å². The number of hydrogen-bond donors (Lipinski definition) is 2. The maximum absolute atomic E-state index is 12.2. The Balaban J connectivity index is 1.90. The van der Waals surface area contributed by atoms with Crippen LogP contribution in [-0.4, -0.2) is 35.1 Å². The molecule has 0 aromatic carbocycles. The molecule has 6 heteroatoms. The molecule has 21 heavy (non-hydrogen) atoms. The number of likely N-dealkylation sites (tertiary alicyclic amines) is 1. The van der Waals surface area contributed by atoms with Gasteiger partial charge in [0.15, 0.2) is 0 Å². The van der Waals surface area contributed by atoms with Crippen molar-refractivity contribution in [2.24, 2.45) is 5.41 Å². The summed E-state index contributed by atoms with van der Waals surface area (Å²) in [4.78, 5) is 26.5. The van der Waals surface area contributed by atoms with Crippen LogP contribution in [-0.2, 0) is 4.79 Å². The number of urea groups is 1. The second kappa shape index (κ2) is 6.47. The number of thiophene rings is 1. The number of carboxylic acid groups (broad SMARTS) is 1. The van der Waals surface area contributed by atoms with E-state index in [1.54, 1.807) is 16.2 Å². The van der Waals surface area contributed by atoms with E-state index in [0.717, 1.165) is 4.88 Å². The first kappa shape index (κ1) is 15.8. The highest BCUT2D eigenvalue weighted by Crippen LogP contribution is 2.35. The highest BCUT2D eigenvalue weighted by molar-refractivity contribution is 7.10. The Morgan fingerprint density at radius 1 is 1.48 bits per heavy atom. The van der Waals surface area contributed by atoms with Gasteiger partial charge in [0.1, 0.15) is 0 Å². The number of nitrogens with one attached hydrogen (secondary N) is 1. The lowest BCUT2D eigenvalue weighted by Gasteiger charge is -2.38. The summed E-state index contributed by atoms with van der Waals surface area (Å²) in [5, 5.41) is 14.3. The van der Waals surface area contributed by atoms with Crippen LogP contribution in [0.1, 0.15) is 44.0 Å². The van der Waals surface area contributed by atoms with Gasteiger partial charge in [-0.2, -0.15) is 0 Å². The van der Waals surface area contributed by atoms with Crippen molar-refractivity contribution in [2.45, 2.75) is 39.2 Å². The second-order valence-corrected chi connectivity index (χ2v) is 6.59. The molecule has 1 aliphatic heterocycles. The zero-order valence-electron chi connectivity index (χ0n) is 12.5. The van der Waals surface area contributed by atoms with Crippen molar-refractivity contribution in [3.8, 4) is 0 Å². The molecule has 5 nitrogen and oxygen atoms in total. The van der Waals surface area contributed by atoms with Crippen molar-refractivity contribution in [1.82, 2.24) is 10.2 Å². The molecule has 2 heterocycles. The van der Waals surface area contributed by atoms with Crippen LogP contribution in [0.3, 0.4) is 0 Å². The highest BCUT2D eigenvalue weighted by Gasteiger charge is 2.40. The first-order valence-electron chi connectivity index (χ1n) is 7.31. The minimum absolute atomic E-state index is 0.0187. The molecule has 1 unspecified atom stereocenters. The lowest BCUT2D eigenvalue weighted by atomic mass is 9.76. The molecule has 2 N–H and O–H groups in total. The summed E-state index contributed by atoms with van der Waals surface area (Å²) >= 11 is 1.62. The van der Waals surface area contributed by atoms with Gasteiger partial charge in [0, 0.05) is 18.0 Å². The second-order valence-electron chi connectivity index (χ2n) is 5.61. The van der Waals surface area contributed by atoms with Crippen molar-refractivity contribution in [1.29, 1.82) is 0 Å². The number of piperidine rings is 1. The van der Waals surface area contributed by atoms with E-state index in [4.69, 9.17) is 0 Å². The minimum atomic E-state index is -0.739. The van der Waals surface area contributed by atoms with Crippen molar-refractivity contribution < 1.29 is 14.7 Å². The van der Waals surface area contributed by atoms with E-state index < -0.39 is 11.4 Å². The van der Waals surface area contributed by atoms with Crippen LogP contribution >= 0.6 is 11.3 Å². The molecule has 1 aromatic heterocycles. The number of amides is 2. The van der Waals surface area contributed by atoms with E-state index in [9.17, 15) is 14.7 Å². The number of aliphatic carboxylic acids is 1. The lowest BCUT2D eigenvalue weighted by molar-refractivity contribution is -0.151. The van der Waals surface area contributed by atoms with Crippen LogP contribution in [0.2, 0.25) is 0 Å². The molecular weight excluding hydrogens is 288 g/mol. The normalized spacial score (nSPS) is 19.0. The third-order valence-corrected chi connectivity index (χ3v) is 5.50. The fourth-order valence-corrected chi connectivity index (χ4v) is 3.48. The van der Waals surface area contributed by atoms with Gasteiger partial charge in [-0.05, 0) is 37.6 Å². The third-order valence-electron chi connectivity index (χ3n) is 4.45. The molecule has 2 rings (SSSR count). The van der Waals surface area contributed by atoms with Gasteiger partial charge in [-0.25, -0.2) is 4.79 Å². The molecule has 0 bridgehead atoms. The summed E-state index contributed by atoms with van der Waals surface area (Å²) in [5.41, 5.74) is -0.657. The summed E-state index contributed by atoms with van der Waals surface area (Å²) in [6.45, 7) is 4.87. The van der Waals surface area contributed by atoms with Crippen LogP contribution in [0.15, 0.2) is 17.5 Å². The molecule has 0 spiro atoms. The number of carbonyl (C=O) groups is 2. The average molecular weight is 310 g/mol. The Bertz CT molecular complexity index is 493. The number of carbonyl (C=O) groups excluding carboxylic acids is 1. The molecular formula is C15H22N2O3S. The Labute approximate surface area is 129 Å². The van der Waals surface area contributed by atoms with Gasteiger partial charge >= 0.3 is 12.0 Å².